The lowest BCUT2D eigenvalue weighted by atomic mass is 9.55. The first kappa shape index (κ1) is 7.89. The average molecular weight is 192 g/mol. The van der Waals surface area contributed by atoms with Crippen molar-refractivity contribution in [1.82, 2.24) is 0 Å². The van der Waals surface area contributed by atoms with Gasteiger partial charge in [0.05, 0.1) is 26.4 Å². The van der Waals surface area contributed by atoms with Crippen LogP contribution in [0.15, 0.2) is 12.2 Å². The highest BCUT2D eigenvalue weighted by Crippen LogP contribution is 2.55. The van der Waals surface area contributed by atoms with E-state index < -0.39 is 0 Å². The monoisotopic (exact) mass is 192 g/mol. The lowest BCUT2D eigenvalue weighted by Gasteiger charge is -2.47. The number of rotatable bonds is 0. The van der Waals surface area contributed by atoms with Crippen LogP contribution in [0.1, 0.15) is 0 Å². The number of allylic oxidation sites excluding steroid dienone is 2. The minimum absolute atomic E-state index is 0.764. The van der Waals surface area contributed by atoms with E-state index >= 15 is 0 Å². The lowest BCUT2D eigenvalue weighted by Crippen LogP contribution is -2.47. The molecule has 2 nitrogen and oxygen atoms in total. The second-order valence-corrected chi connectivity index (χ2v) is 5.27. The maximum absolute atomic E-state index is 5.66. The lowest BCUT2D eigenvalue weighted by molar-refractivity contribution is 0.0650. The molecule has 0 aromatic heterocycles. The van der Waals surface area contributed by atoms with E-state index in [9.17, 15) is 0 Å². The molecule has 4 atom stereocenters. The molecule has 2 bridgehead atoms. The van der Waals surface area contributed by atoms with Crippen LogP contribution in [0.25, 0.3) is 0 Å². The summed E-state index contributed by atoms with van der Waals surface area (Å²) in [5.41, 5.74) is 0. The third-order valence-corrected chi connectivity index (χ3v) is 4.87. The van der Waals surface area contributed by atoms with Gasteiger partial charge >= 0.3 is 0 Å². The van der Waals surface area contributed by atoms with Crippen molar-refractivity contribution in [2.24, 2.45) is 35.5 Å². The van der Waals surface area contributed by atoms with Crippen LogP contribution in [-0.2, 0) is 9.47 Å². The smallest absolute Gasteiger partial charge is 0.0503 e. The van der Waals surface area contributed by atoms with Crippen LogP contribution in [0.3, 0.4) is 0 Å². The quantitative estimate of drug-likeness (QED) is 0.539. The first-order chi connectivity index (χ1) is 6.95. The van der Waals surface area contributed by atoms with Crippen molar-refractivity contribution in [3.05, 3.63) is 12.2 Å². The van der Waals surface area contributed by atoms with Crippen molar-refractivity contribution >= 4 is 0 Å². The fourth-order valence-corrected chi connectivity index (χ4v) is 4.22. The highest BCUT2D eigenvalue weighted by atomic mass is 16.5. The summed E-state index contributed by atoms with van der Waals surface area (Å²) in [5.74, 6) is 4.78. The Kier molecular flexibility index (Phi) is 1.47. The Balaban J connectivity index is 1.78. The van der Waals surface area contributed by atoms with Crippen molar-refractivity contribution in [3.63, 3.8) is 0 Å². The molecule has 0 N–H and O–H groups in total. The van der Waals surface area contributed by atoms with E-state index in [1.165, 1.54) is 0 Å². The molecule has 76 valence electrons. The third kappa shape index (κ3) is 0.801. The van der Waals surface area contributed by atoms with Gasteiger partial charge in [-0.05, 0) is 35.5 Å². The van der Waals surface area contributed by atoms with E-state index in [1.54, 1.807) is 0 Å². The van der Waals surface area contributed by atoms with Crippen LogP contribution >= 0.6 is 0 Å². The second kappa shape index (κ2) is 2.61. The third-order valence-electron chi connectivity index (χ3n) is 4.87. The van der Waals surface area contributed by atoms with Gasteiger partial charge in [-0.25, -0.2) is 0 Å². The van der Waals surface area contributed by atoms with Crippen molar-refractivity contribution in [1.29, 1.82) is 0 Å². The zero-order valence-corrected chi connectivity index (χ0v) is 8.26. The molecular weight excluding hydrogens is 176 g/mol. The molecule has 1 saturated carbocycles. The Hall–Kier alpha value is -0.340. The Morgan fingerprint density at radius 3 is 1.36 bits per heavy atom. The molecule has 4 unspecified atom stereocenters. The molecule has 5 aliphatic rings. The summed E-state index contributed by atoms with van der Waals surface area (Å²) in [4.78, 5) is 0. The second-order valence-electron chi connectivity index (χ2n) is 5.27. The van der Waals surface area contributed by atoms with E-state index in [2.05, 4.69) is 12.2 Å². The Morgan fingerprint density at radius 2 is 1.00 bits per heavy atom. The molecule has 3 fully saturated rings. The van der Waals surface area contributed by atoms with Crippen LogP contribution in [0.5, 0.6) is 0 Å². The molecule has 0 amide bonds. The fraction of sp³-hybridized carbons (Fsp3) is 0.833. The maximum atomic E-state index is 5.66. The van der Waals surface area contributed by atoms with Crippen molar-refractivity contribution in [2.45, 2.75) is 0 Å². The van der Waals surface area contributed by atoms with Crippen LogP contribution in [0.2, 0.25) is 0 Å². The van der Waals surface area contributed by atoms with E-state index in [1.807, 2.05) is 0 Å². The molecule has 2 heterocycles. The van der Waals surface area contributed by atoms with E-state index in [0.29, 0.717) is 0 Å². The van der Waals surface area contributed by atoms with Crippen molar-refractivity contribution < 1.29 is 9.47 Å². The average Bonchev–Trinajstić information content (AvgIpc) is 2.88. The normalized spacial score (nSPS) is 58.9. The summed E-state index contributed by atoms with van der Waals surface area (Å²) in [6.45, 7) is 4.00. The molecule has 2 aliphatic heterocycles. The van der Waals surface area contributed by atoms with Gasteiger partial charge in [0, 0.05) is 0 Å². The molecule has 0 aromatic rings. The summed E-state index contributed by atoms with van der Waals surface area (Å²) < 4.78 is 11.3. The summed E-state index contributed by atoms with van der Waals surface area (Å²) in [6, 6.07) is 0. The molecule has 14 heavy (non-hydrogen) atoms. The highest BCUT2D eigenvalue weighted by Gasteiger charge is 2.55. The van der Waals surface area contributed by atoms with Crippen LogP contribution in [0, 0.1) is 35.5 Å². The van der Waals surface area contributed by atoms with Crippen LogP contribution < -0.4 is 0 Å². The Labute approximate surface area is 84.3 Å². The fourth-order valence-electron chi connectivity index (χ4n) is 4.22. The van der Waals surface area contributed by atoms with Gasteiger partial charge in [0.25, 0.3) is 0 Å². The molecule has 2 saturated heterocycles. The minimum Gasteiger partial charge on any atom is -0.381 e. The van der Waals surface area contributed by atoms with Gasteiger partial charge in [0.2, 0.25) is 0 Å². The standard InChI is InChI=1S/C12H16O2/c1-2-8-11-5-13-3-9(11)7(1)10-4-14-6-12(8)10/h1-2,7-12H,3-6H2. The first-order valence-electron chi connectivity index (χ1n) is 5.79. The molecule has 0 spiro atoms. The van der Waals surface area contributed by atoms with Crippen LogP contribution in [0.4, 0.5) is 0 Å². The van der Waals surface area contributed by atoms with Gasteiger partial charge < -0.3 is 9.47 Å². The Bertz CT molecular complexity index is 238. The van der Waals surface area contributed by atoms with Crippen molar-refractivity contribution in [2.75, 3.05) is 26.4 Å². The predicted molar refractivity (Wildman–Crippen MR) is 51.7 cm³/mol. The van der Waals surface area contributed by atoms with E-state index in [4.69, 9.17) is 9.47 Å². The summed E-state index contributed by atoms with van der Waals surface area (Å²) >= 11 is 0. The SMILES string of the molecule is C1=CC2C3COCC3C1C1COCC21. The molecule has 3 aliphatic carbocycles. The van der Waals surface area contributed by atoms with Gasteiger partial charge in [-0.2, -0.15) is 0 Å². The highest BCUT2D eigenvalue weighted by molar-refractivity contribution is 5.17. The topological polar surface area (TPSA) is 18.5 Å². The molecule has 5 rings (SSSR count). The van der Waals surface area contributed by atoms with Gasteiger partial charge in [-0.15, -0.1) is 0 Å². The van der Waals surface area contributed by atoms with Gasteiger partial charge in [0.1, 0.15) is 0 Å². The summed E-state index contributed by atoms with van der Waals surface area (Å²) in [6.07, 6.45) is 4.91. The molecule has 0 aromatic carbocycles. The van der Waals surface area contributed by atoms with Crippen molar-refractivity contribution in [3.8, 4) is 0 Å². The number of ether oxygens (including phenoxy) is 2. The van der Waals surface area contributed by atoms with Gasteiger partial charge in [-0.1, -0.05) is 12.2 Å². The van der Waals surface area contributed by atoms with Gasteiger partial charge in [0.15, 0.2) is 0 Å². The molecular formula is C12H16O2. The summed E-state index contributed by atoms with van der Waals surface area (Å²) in [5, 5.41) is 0. The minimum atomic E-state index is 0.764. The summed E-state index contributed by atoms with van der Waals surface area (Å²) in [7, 11) is 0. The van der Waals surface area contributed by atoms with E-state index in [-0.39, 0.29) is 0 Å². The molecule has 2 heteroatoms. The molecule has 0 radical (unpaired) electrons. The predicted octanol–water partition coefficient (Wildman–Crippen LogP) is 1.33. The Morgan fingerprint density at radius 1 is 0.643 bits per heavy atom. The zero-order chi connectivity index (χ0) is 9.12. The van der Waals surface area contributed by atoms with Gasteiger partial charge in [-0.3, -0.25) is 0 Å². The van der Waals surface area contributed by atoms with E-state index in [0.717, 1.165) is 61.9 Å². The number of hydrogen-bond donors (Lipinski definition) is 0. The van der Waals surface area contributed by atoms with Crippen LogP contribution in [-0.4, -0.2) is 26.4 Å². The largest absolute Gasteiger partial charge is 0.381 e. The maximum Gasteiger partial charge on any atom is 0.0503 e. The number of hydrogen-bond acceptors (Lipinski definition) is 2. The zero-order valence-electron chi connectivity index (χ0n) is 8.26. The first-order valence-corrected chi connectivity index (χ1v) is 5.79.